The molecule has 1 aromatic carbocycles. The Hall–Kier alpha value is -1.46. The van der Waals surface area contributed by atoms with E-state index in [2.05, 4.69) is 10.2 Å². The van der Waals surface area contributed by atoms with Crippen molar-refractivity contribution in [2.75, 3.05) is 13.1 Å². The third kappa shape index (κ3) is 4.02. The van der Waals surface area contributed by atoms with Gasteiger partial charge in [0, 0.05) is 44.7 Å². The van der Waals surface area contributed by atoms with Gasteiger partial charge >= 0.3 is 0 Å². The van der Waals surface area contributed by atoms with Gasteiger partial charge in [0.2, 0.25) is 5.91 Å². The zero-order valence-corrected chi connectivity index (χ0v) is 11.9. The molecule has 2 rings (SSSR count). The summed E-state index contributed by atoms with van der Waals surface area (Å²) in [6.07, 6.45) is 1.83. The molecular weight excluding hydrogens is 257 g/mol. The Kier molecular flexibility index (Phi) is 5.09. The van der Waals surface area contributed by atoms with Gasteiger partial charge < -0.3 is 11.1 Å². The smallest absolute Gasteiger partial charge is 0.217 e. The first-order chi connectivity index (χ1) is 9.58. The average Bonchev–Trinajstić information content (AvgIpc) is 2.43. The number of nitrogens with zero attached hydrogens (tertiary/aromatic N) is 1. The standard InChI is InChI=1S/C15H22FN3O/c1-11(20)18-14-4-6-19(7-5-14)10-13-8-12(9-17)2-3-15(13)16/h2-3,8,14H,4-7,9-10,17H2,1H3,(H,18,20). The van der Waals surface area contributed by atoms with E-state index in [0.717, 1.165) is 31.5 Å². The second-order valence-corrected chi connectivity index (χ2v) is 5.38. The number of nitrogens with two attached hydrogens (primary N) is 1. The SMILES string of the molecule is CC(=O)NC1CCN(Cc2cc(CN)ccc2F)CC1. The first-order valence-corrected chi connectivity index (χ1v) is 7.05. The summed E-state index contributed by atoms with van der Waals surface area (Å²) in [5.74, 6) is -0.156. The van der Waals surface area contributed by atoms with E-state index in [4.69, 9.17) is 5.73 Å². The van der Waals surface area contributed by atoms with Gasteiger partial charge in [-0.15, -0.1) is 0 Å². The van der Waals surface area contributed by atoms with Crippen LogP contribution in [0.3, 0.4) is 0 Å². The van der Waals surface area contributed by atoms with E-state index in [1.54, 1.807) is 13.0 Å². The summed E-state index contributed by atoms with van der Waals surface area (Å²) in [5, 5.41) is 2.94. The lowest BCUT2D eigenvalue weighted by atomic mass is 10.0. The highest BCUT2D eigenvalue weighted by Gasteiger charge is 2.20. The Morgan fingerprint density at radius 1 is 1.45 bits per heavy atom. The summed E-state index contributed by atoms with van der Waals surface area (Å²) in [6, 6.07) is 5.31. The molecule has 1 amide bonds. The number of carbonyl (C=O) groups is 1. The van der Waals surface area contributed by atoms with Gasteiger partial charge in [-0.1, -0.05) is 12.1 Å². The zero-order valence-electron chi connectivity index (χ0n) is 11.9. The molecule has 1 aromatic rings. The van der Waals surface area contributed by atoms with E-state index < -0.39 is 0 Å². The lowest BCUT2D eigenvalue weighted by Crippen LogP contribution is -2.43. The Bertz CT molecular complexity index is 470. The van der Waals surface area contributed by atoms with Gasteiger partial charge in [-0.25, -0.2) is 4.39 Å². The maximum Gasteiger partial charge on any atom is 0.217 e. The molecule has 0 aliphatic carbocycles. The van der Waals surface area contributed by atoms with E-state index in [1.165, 1.54) is 6.07 Å². The molecule has 4 nitrogen and oxygen atoms in total. The van der Waals surface area contributed by atoms with Crippen LogP contribution in [0.2, 0.25) is 0 Å². The third-order valence-corrected chi connectivity index (χ3v) is 3.73. The molecule has 110 valence electrons. The number of piperidine rings is 1. The molecule has 1 aliphatic heterocycles. The minimum absolute atomic E-state index is 0.0186. The van der Waals surface area contributed by atoms with Crippen LogP contribution in [0.15, 0.2) is 18.2 Å². The summed E-state index contributed by atoms with van der Waals surface area (Å²) in [5.41, 5.74) is 7.24. The van der Waals surface area contributed by atoms with Crippen LogP contribution >= 0.6 is 0 Å². The van der Waals surface area contributed by atoms with Gasteiger partial charge in [0.25, 0.3) is 0 Å². The van der Waals surface area contributed by atoms with E-state index in [9.17, 15) is 9.18 Å². The average molecular weight is 279 g/mol. The van der Waals surface area contributed by atoms with Crippen molar-refractivity contribution in [2.45, 2.75) is 38.9 Å². The predicted octanol–water partition coefficient (Wildman–Crippen LogP) is 1.38. The fourth-order valence-corrected chi connectivity index (χ4v) is 2.64. The van der Waals surface area contributed by atoms with Crippen molar-refractivity contribution >= 4 is 5.91 Å². The minimum Gasteiger partial charge on any atom is -0.354 e. The molecule has 0 saturated carbocycles. The highest BCUT2D eigenvalue weighted by atomic mass is 19.1. The van der Waals surface area contributed by atoms with Crippen LogP contribution in [0, 0.1) is 5.82 Å². The molecular formula is C15H22FN3O. The van der Waals surface area contributed by atoms with Gasteiger partial charge in [-0.3, -0.25) is 9.69 Å². The Morgan fingerprint density at radius 3 is 2.75 bits per heavy atom. The lowest BCUT2D eigenvalue weighted by Gasteiger charge is -2.32. The monoisotopic (exact) mass is 279 g/mol. The summed E-state index contributed by atoms with van der Waals surface area (Å²) in [6.45, 7) is 4.32. The molecule has 1 heterocycles. The molecule has 5 heteroatoms. The predicted molar refractivity (Wildman–Crippen MR) is 76.4 cm³/mol. The van der Waals surface area contributed by atoms with Crippen molar-refractivity contribution in [1.29, 1.82) is 0 Å². The van der Waals surface area contributed by atoms with Crippen LogP contribution in [0.4, 0.5) is 4.39 Å². The number of halogens is 1. The molecule has 1 fully saturated rings. The highest BCUT2D eigenvalue weighted by molar-refractivity contribution is 5.73. The molecule has 0 atom stereocenters. The normalized spacial score (nSPS) is 17.1. The first-order valence-electron chi connectivity index (χ1n) is 7.05. The number of amides is 1. The lowest BCUT2D eigenvalue weighted by molar-refractivity contribution is -0.119. The Labute approximate surface area is 119 Å². The maximum absolute atomic E-state index is 13.8. The molecule has 0 bridgehead atoms. The van der Waals surface area contributed by atoms with E-state index in [0.29, 0.717) is 18.7 Å². The molecule has 20 heavy (non-hydrogen) atoms. The van der Waals surface area contributed by atoms with Crippen molar-refractivity contribution in [3.8, 4) is 0 Å². The number of likely N-dealkylation sites (tertiary alicyclic amines) is 1. The largest absolute Gasteiger partial charge is 0.354 e. The Morgan fingerprint density at radius 2 is 2.15 bits per heavy atom. The molecule has 0 aromatic heterocycles. The molecule has 1 aliphatic rings. The van der Waals surface area contributed by atoms with Crippen LogP contribution in [0.25, 0.3) is 0 Å². The van der Waals surface area contributed by atoms with Crippen LogP contribution in [0.5, 0.6) is 0 Å². The van der Waals surface area contributed by atoms with Crippen molar-refractivity contribution in [3.63, 3.8) is 0 Å². The minimum atomic E-state index is -0.175. The van der Waals surface area contributed by atoms with E-state index in [-0.39, 0.29) is 17.8 Å². The van der Waals surface area contributed by atoms with Crippen molar-refractivity contribution in [3.05, 3.63) is 35.1 Å². The van der Waals surface area contributed by atoms with Crippen LogP contribution in [0.1, 0.15) is 30.9 Å². The number of benzene rings is 1. The van der Waals surface area contributed by atoms with Crippen LogP contribution in [-0.4, -0.2) is 29.9 Å². The summed E-state index contributed by atoms with van der Waals surface area (Å²) >= 11 is 0. The van der Waals surface area contributed by atoms with Gasteiger partial charge in [0.05, 0.1) is 0 Å². The van der Waals surface area contributed by atoms with E-state index >= 15 is 0 Å². The van der Waals surface area contributed by atoms with E-state index in [1.807, 2.05) is 6.07 Å². The number of carbonyl (C=O) groups excluding carboxylic acids is 1. The quantitative estimate of drug-likeness (QED) is 0.875. The highest BCUT2D eigenvalue weighted by Crippen LogP contribution is 2.17. The third-order valence-electron chi connectivity index (χ3n) is 3.73. The van der Waals surface area contributed by atoms with Gasteiger partial charge in [0.1, 0.15) is 5.82 Å². The molecule has 0 spiro atoms. The van der Waals surface area contributed by atoms with Gasteiger partial charge in [-0.2, -0.15) is 0 Å². The second-order valence-electron chi connectivity index (χ2n) is 5.38. The summed E-state index contributed by atoms with van der Waals surface area (Å²) in [7, 11) is 0. The van der Waals surface area contributed by atoms with Gasteiger partial charge in [-0.05, 0) is 24.5 Å². The summed E-state index contributed by atoms with van der Waals surface area (Å²) < 4.78 is 13.8. The zero-order chi connectivity index (χ0) is 14.5. The maximum atomic E-state index is 13.8. The topological polar surface area (TPSA) is 58.4 Å². The van der Waals surface area contributed by atoms with Crippen LogP contribution in [-0.2, 0) is 17.9 Å². The van der Waals surface area contributed by atoms with Crippen molar-refractivity contribution in [2.24, 2.45) is 5.73 Å². The molecule has 3 N–H and O–H groups in total. The van der Waals surface area contributed by atoms with Crippen LogP contribution < -0.4 is 11.1 Å². The first kappa shape index (κ1) is 14.9. The number of hydrogen-bond donors (Lipinski definition) is 2. The second kappa shape index (κ2) is 6.81. The van der Waals surface area contributed by atoms with Crippen molar-refractivity contribution in [1.82, 2.24) is 10.2 Å². The number of hydrogen-bond acceptors (Lipinski definition) is 3. The molecule has 0 unspecified atom stereocenters. The molecule has 0 radical (unpaired) electrons. The summed E-state index contributed by atoms with van der Waals surface area (Å²) in [4.78, 5) is 13.2. The fraction of sp³-hybridized carbons (Fsp3) is 0.533. The Balaban J connectivity index is 1.90. The fourth-order valence-electron chi connectivity index (χ4n) is 2.64. The number of rotatable bonds is 4. The van der Waals surface area contributed by atoms with Crippen molar-refractivity contribution < 1.29 is 9.18 Å². The molecule has 1 saturated heterocycles. The number of nitrogens with one attached hydrogen (secondary N) is 1. The van der Waals surface area contributed by atoms with Gasteiger partial charge in [0.15, 0.2) is 0 Å².